The van der Waals surface area contributed by atoms with E-state index in [-0.39, 0.29) is 10.9 Å². The van der Waals surface area contributed by atoms with Crippen LogP contribution in [-0.2, 0) is 16.6 Å². The Hall–Kier alpha value is -0.470. The second-order valence-corrected chi connectivity index (χ2v) is 8.04. The van der Waals surface area contributed by atoms with Crippen LogP contribution >= 0.6 is 15.9 Å². The maximum Gasteiger partial charge on any atom is 0.241 e. The first-order valence-corrected chi connectivity index (χ1v) is 9.40. The van der Waals surface area contributed by atoms with E-state index in [9.17, 15) is 8.42 Å². The van der Waals surface area contributed by atoms with Crippen molar-refractivity contribution in [2.24, 2.45) is 5.73 Å². The highest BCUT2D eigenvalue weighted by atomic mass is 79.9. The van der Waals surface area contributed by atoms with E-state index in [4.69, 9.17) is 5.73 Å². The van der Waals surface area contributed by atoms with Crippen molar-refractivity contribution in [1.82, 2.24) is 9.62 Å². The van der Waals surface area contributed by atoms with E-state index in [0.29, 0.717) is 17.6 Å². The molecule has 1 aromatic rings. The first-order chi connectivity index (χ1) is 9.94. The molecular weight excluding hydrogens is 354 g/mol. The van der Waals surface area contributed by atoms with Crippen molar-refractivity contribution in [3.63, 3.8) is 0 Å². The summed E-state index contributed by atoms with van der Waals surface area (Å²) >= 11 is 3.30. The Morgan fingerprint density at radius 3 is 2.86 bits per heavy atom. The highest BCUT2D eigenvalue weighted by Gasteiger charge is 2.23. The lowest BCUT2D eigenvalue weighted by atomic mass is 10.0. The summed E-state index contributed by atoms with van der Waals surface area (Å²) < 4.78 is 28.2. The van der Waals surface area contributed by atoms with Crippen molar-refractivity contribution < 1.29 is 8.42 Å². The van der Waals surface area contributed by atoms with Gasteiger partial charge in [-0.25, -0.2) is 13.1 Å². The number of hydrogen-bond acceptors (Lipinski definition) is 4. The average Bonchev–Trinajstić information content (AvgIpc) is 2.47. The van der Waals surface area contributed by atoms with Gasteiger partial charge < -0.3 is 10.6 Å². The molecule has 0 aromatic heterocycles. The lowest BCUT2D eigenvalue weighted by Gasteiger charge is -2.32. The molecular formula is C14H22BrN3O2S. The number of hydrogen-bond donors (Lipinski definition) is 2. The maximum atomic E-state index is 12.5. The van der Waals surface area contributed by atoms with Gasteiger partial charge in [0.25, 0.3) is 0 Å². The summed E-state index contributed by atoms with van der Waals surface area (Å²) in [5.41, 5.74) is 6.38. The predicted molar refractivity (Wildman–Crippen MR) is 87.5 cm³/mol. The predicted octanol–water partition coefficient (Wildman–Crippen LogP) is 1.67. The molecule has 1 saturated heterocycles. The molecule has 0 aliphatic carbocycles. The molecule has 1 fully saturated rings. The van der Waals surface area contributed by atoms with E-state index in [1.807, 2.05) is 13.1 Å². The fraction of sp³-hybridized carbons (Fsp3) is 0.571. The maximum absolute atomic E-state index is 12.5. The van der Waals surface area contributed by atoms with Gasteiger partial charge in [0.05, 0.1) is 4.90 Å². The van der Waals surface area contributed by atoms with Gasteiger partial charge in [0.1, 0.15) is 0 Å². The molecule has 1 unspecified atom stereocenters. The Balaban J connectivity index is 2.11. The Bertz CT molecular complexity index is 592. The molecule has 1 heterocycles. The second-order valence-electron chi connectivity index (χ2n) is 5.45. The number of rotatable bonds is 5. The van der Waals surface area contributed by atoms with Crippen molar-refractivity contribution >= 4 is 26.0 Å². The van der Waals surface area contributed by atoms with E-state index >= 15 is 0 Å². The minimum Gasteiger partial charge on any atom is -0.326 e. The number of nitrogens with two attached hydrogens (primary N) is 1. The molecule has 7 heteroatoms. The Kier molecular flexibility index (Phi) is 5.79. The molecule has 3 N–H and O–H groups in total. The summed E-state index contributed by atoms with van der Waals surface area (Å²) in [6.07, 6.45) is 3.37. The zero-order valence-electron chi connectivity index (χ0n) is 12.2. The van der Waals surface area contributed by atoms with Crippen LogP contribution in [0.25, 0.3) is 0 Å². The third kappa shape index (κ3) is 4.26. The number of likely N-dealkylation sites (N-methyl/N-ethyl adjacent to an activating group) is 1. The normalized spacial score (nSPS) is 20.6. The van der Waals surface area contributed by atoms with E-state index in [2.05, 4.69) is 25.6 Å². The van der Waals surface area contributed by atoms with Crippen LogP contribution in [-0.4, -0.2) is 39.5 Å². The molecule has 0 spiro atoms. The van der Waals surface area contributed by atoms with Crippen molar-refractivity contribution in [1.29, 1.82) is 0 Å². The smallest absolute Gasteiger partial charge is 0.241 e. The van der Waals surface area contributed by atoms with Gasteiger partial charge in [0.2, 0.25) is 10.0 Å². The van der Waals surface area contributed by atoms with Gasteiger partial charge in [-0.05, 0) is 60.1 Å². The summed E-state index contributed by atoms with van der Waals surface area (Å²) in [6, 6.07) is 5.43. The molecule has 1 aliphatic heterocycles. The molecule has 1 aromatic carbocycles. The molecule has 1 aliphatic rings. The standard InChI is InChI=1S/C14H22BrN3O2S/c1-18-7-3-2-4-12(18)10-17-21(19,20)14-8-11(9-16)5-6-13(14)15/h5-6,8,12,17H,2-4,7,9-10,16H2,1H3. The molecule has 0 radical (unpaired) electrons. The molecule has 0 bridgehead atoms. The van der Waals surface area contributed by atoms with Gasteiger partial charge in [-0.1, -0.05) is 12.5 Å². The van der Waals surface area contributed by atoms with E-state index in [1.54, 1.807) is 12.1 Å². The van der Waals surface area contributed by atoms with Gasteiger partial charge in [0.15, 0.2) is 0 Å². The first-order valence-electron chi connectivity index (χ1n) is 7.12. The Morgan fingerprint density at radius 2 is 2.19 bits per heavy atom. The van der Waals surface area contributed by atoms with Crippen molar-refractivity contribution in [3.05, 3.63) is 28.2 Å². The topological polar surface area (TPSA) is 75.4 Å². The van der Waals surface area contributed by atoms with Gasteiger partial charge in [0, 0.05) is 23.6 Å². The van der Waals surface area contributed by atoms with Crippen LogP contribution in [0.1, 0.15) is 24.8 Å². The lowest BCUT2D eigenvalue weighted by molar-refractivity contribution is 0.187. The highest BCUT2D eigenvalue weighted by Crippen LogP contribution is 2.23. The third-order valence-electron chi connectivity index (χ3n) is 3.95. The van der Waals surface area contributed by atoms with Gasteiger partial charge in [-0.15, -0.1) is 0 Å². The first kappa shape index (κ1) is 16.9. The zero-order valence-corrected chi connectivity index (χ0v) is 14.6. The number of likely N-dealkylation sites (tertiary alicyclic amines) is 1. The van der Waals surface area contributed by atoms with Crippen LogP contribution in [0.3, 0.4) is 0 Å². The van der Waals surface area contributed by atoms with Crippen LogP contribution in [0.5, 0.6) is 0 Å². The van der Waals surface area contributed by atoms with Gasteiger partial charge in [-0.3, -0.25) is 0 Å². The SMILES string of the molecule is CN1CCCCC1CNS(=O)(=O)c1cc(CN)ccc1Br. The molecule has 0 saturated carbocycles. The fourth-order valence-corrected chi connectivity index (χ4v) is 4.65. The minimum absolute atomic E-state index is 0.254. The van der Waals surface area contributed by atoms with Gasteiger partial charge >= 0.3 is 0 Å². The van der Waals surface area contributed by atoms with Crippen LogP contribution in [0.4, 0.5) is 0 Å². The summed E-state index contributed by atoms with van der Waals surface area (Å²) in [5, 5.41) is 0. The molecule has 5 nitrogen and oxygen atoms in total. The highest BCUT2D eigenvalue weighted by molar-refractivity contribution is 9.10. The fourth-order valence-electron chi connectivity index (χ4n) is 2.57. The summed E-state index contributed by atoms with van der Waals surface area (Å²) in [7, 11) is -1.48. The number of piperidine rings is 1. The third-order valence-corrected chi connectivity index (χ3v) is 6.37. The van der Waals surface area contributed by atoms with Crippen LogP contribution in [0.2, 0.25) is 0 Å². The monoisotopic (exact) mass is 375 g/mol. The largest absolute Gasteiger partial charge is 0.326 e. The molecule has 1 atom stereocenters. The van der Waals surface area contributed by atoms with Crippen molar-refractivity contribution in [2.75, 3.05) is 20.1 Å². The summed E-state index contributed by atoms with van der Waals surface area (Å²) in [5.74, 6) is 0. The number of benzene rings is 1. The average molecular weight is 376 g/mol. The summed E-state index contributed by atoms with van der Waals surface area (Å²) in [4.78, 5) is 2.47. The van der Waals surface area contributed by atoms with Gasteiger partial charge in [-0.2, -0.15) is 0 Å². The number of halogens is 1. The second kappa shape index (κ2) is 7.19. The minimum atomic E-state index is -3.53. The molecule has 2 rings (SSSR count). The Morgan fingerprint density at radius 1 is 1.43 bits per heavy atom. The van der Waals surface area contributed by atoms with Crippen LogP contribution in [0, 0.1) is 0 Å². The molecule has 118 valence electrons. The van der Waals surface area contributed by atoms with E-state index in [1.165, 1.54) is 6.42 Å². The number of sulfonamides is 1. The van der Waals surface area contributed by atoms with Crippen molar-refractivity contribution in [3.8, 4) is 0 Å². The van der Waals surface area contributed by atoms with E-state index < -0.39 is 10.0 Å². The van der Waals surface area contributed by atoms with E-state index in [0.717, 1.165) is 24.9 Å². The van der Waals surface area contributed by atoms with Crippen molar-refractivity contribution in [2.45, 2.75) is 36.7 Å². The molecule has 0 amide bonds. The summed E-state index contributed by atoms with van der Waals surface area (Å²) in [6.45, 7) is 1.79. The zero-order chi connectivity index (χ0) is 15.5. The number of nitrogens with zero attached hydrogens (tertiary/aromatic N) is 1. The quantitative estimate of drug-likeness (QED) is 0.820. The lowest BCUT2D eigenvalue weighted by Crippen LogP contribution is -2.44. The molecule has 21 heavy (non-hydrogen) atoms. The van der Waals surface area contributed by atoms with Crippen LogP contribution in [0.15, 0.2) is 27.6 Å². The Labute approximate surface area is 135 Å². The number of nitrogens with one attached hydrogen (secondary N) is 1. The van der Waals surface area contributed by atoms with Crippen LogP contribution < -0.4 is 10.5 Å².